The van der Waals surface area contributed by atoms with Crippen LogP contribution >= 0.6 is 11.6 Å². The summed E-state index contributed by atoms with van der Waals surface area (Å²) in [5, 5.41) is 0.391. The van der Waals surface area contributed by atoms with Gasteiger partial charge in [-0.1, -0.05) is 11.6 Å². The van der Waals surface area contributed by atoms with Crippen LogP contribution < -0.4 is 25.6 Å². The largest absolute Gasteiger partial charge is 0.489 e. The maximum absolute atomic E-state index is 13.4. The number of nitrogens with one attached hydrogen (secondary N) is 1. The maximum atomic E-state index is 13.4. The third-order valence-electron chi connectivity index (χ3n) is 4.67. The van der Waals surface area contributed by atoms with Gasteiger partial charge in [0.15, 0.2) is 6.79 Å². The molecule has 1 saturated heterocycles. The molecule has 156 valence electrons. The van der Waals surface area contributed by atoms with Gasteiger partial charge in [-0.15, -0.1) is 0 Å². The summed E-state index contributed by atoms with van der Waals surface area (Å²) in [7, 11) is 1.50. The molecule has 1 aliphatic heterocycles. The van der Waals surface area contributed by atoms with E-state index in [2.05, 4.69) is 10.3 Å². The van der Waals surface area contributed by atoms with Crippen LogP contribution in [0.2, 0.25) is 5.02 Å². The fourth-order valence-electron chi connectivity index (χ4n) is 3.19. The SMILES string of the molecule is COCOc1cc(N2CCC(Oc3cc(F)ccc3Cl)CC2)ccc1C(=O)NN. The minimum absolute atomic E-state index is 0.0125. The molecule has 1 heterocycles. The molecule has 9 heteroatoms. The van der Waals surface area contributed by atoms with Gasteiger partial charge in [-0.3, -0.25) is 10.2 Å². The van der Waals surface area contributed by atoms with E-state index in [1.54, 1.807) is 12.1 Å². The zero-order chi connectivity index (χ0) is 20.8. The summed E-state index contributed by atoms with van der Waals surface area (Å²) in [6.45, 7) is 1.46. The van der Waals surface area contributed by atoms with E-state index in [1.165, 1.54) is 25.3 Å². The monoisotopic (exact) mass is 423 g/mol. The molecule has 0 saturated carbocycles. The number of ether oxygens (including phenoxy) is 3. The maximum Gasteiger partial charge on any atom is 0.268 e. The lowest BCUT2D eigenvalue weighted by molar-refractivity contribution is 0.0501. The predicted molar refractivity (Wildman–Crippen MR) is 108 cm³/mol. The molecule has 2 aromatic carbocycles. The molecule has 1 amide bonds. The summed E-state index contributed by atoms with van der Waals surface area (Å²) in [5.41, 5.74) is 3.34. The Bertz CT molecular complexity index is 860. The number of piperidine rings is 1. The van der Waals surface area contributed by atoms with Crippen LogP contribution in [0.15, 0.2) is 36.4 Å². The van der Waals surface area contributed by atoms with Crippen molar-refractivity contribution in [3.05, 3.63) is 52.8 Å². The Morgan fingerprint density at radius 3 is 2.69 bits per heavy atom. The molecule has 3 rings (SSSR count). The van der Waals surface area contributed by atoms with Crippen LogP contribution in [0.1, 0.15) is 23.2 Å². The lowest BCUT2D eigenvalue weighted by atomic mass is 10.1. The van der Waals surface area contributed by atoms with Gasteiger partial charge in [0, 0.05) is 50.9 Å². The number of hydrazine groups is 1. The van der Waals surface area contributed by atoms with Crippen LogP contribution in [0, 0.1) is 5.82 Å². The molecule has 2 aromatic rings. The minimum atomic E-state index is -0.443. The fourth-order valence-corrected chi connectivity index (χ4v) is 3.36. The molecule has 1 fully saturated rings. The number of amides is 1. The van der Waals surface area contributed by atoms with E-state index in [9.17, 15) is 9.18 Å². The number of benzene rings is 2. The van der Waals surface area contributed by atoms with Crippen LogP contribution in [-0.2, 0) is 4.74 Å². The Morgan fingerprint density at radius 1 is 1.24 bits per heavy atom. The van der Waals surface area contributed by atoms with Crippen molar-refractivity contribution in [3.63, 3.8) is 0 Å². The molecule has 0 unspecified atom stereocenters. The first kappa shape index (κ1) is 21.2. The van der Waals surface area contributed by atoms with E-state index in [1.807, 2.05) is 6.07 Å². The molecule has 7 nitrogen and oxygen atoms in total. The molecule has 0 bridgehead atoms. The van der Waals surface area contributed by atoms with Gasteiger partial charge in [0.25, 0.3) is 5.91 Å². The summed E-state index contributed by atoms with van der Waals surface area (Å²) in [6, 6.07) is 9.38. The normalized spacial score (nSPS) is 14.6. The van der Waals surface area contributed by atoms with Gasteiger partial charge < -0.3 is 19.1 Å². The van der Waals surface area contributed by atoms with Crippen LogP contribution in [-0.4, -0.2) is 39.0 Å². The highest BCUT2D eigenvalue weighted by Gasteiger charge is 2.23. The molecule has 0 spiro atoms. The Hall–Kier alpha value is -2.55. The van der Waals surface area contributed by atoms with E-state index < -0.39 is 5.91 Å². The van der Waals surface area contributed by atoms with Gasteiger partial charge >= 0.3 is 0 Å². The smallest absolute Gasteiger partial charge is 0.268 e. The van der Waals surface area contributed by atoms with Crippen molar-refractivity contribution < 1.29 is 23.4 Å². The van der Waals surface area contributed by atoms with Crippen molar-refractivity contribution in [2.24, 2.45) is 5.84 Å². The number of hydrogen-bond acceptors (Lipinski definition) is 6. The van der Waals surface area contributed by atoms with E-state index in [0.717, 1.165) is 31.6 Å². The van der Waals surface area contributed by atoms with Crippen molar-refractivity contribution in [1.29, 1.82) is 0 Å². The zero-order valence-electron chi connectivity index (χ0n) is 16.0. The summed E-state index contributed by atoms with van der Waals surface area (Å²) >= 11 is 6.08. The highest BCUT2D eigenvalue weighted by molar-refractivity contribution is 6.32. The molecule has 0 aromatic heterocycles. The van der Waals surface area contributed by atoms with Gasteiger partial charge in [0.05, 0.1) is 10.6 Å². The molecule has 0 radical (unpaired) electrons. The van der Waals surface area contributed by atoms with Crippen molar-refractivity contribution in [1.82, 2.24) is 5.43 Å². The lowest BCUT2D eigenvalue weighted by Crippen LogP contribution is -2.38. The topological polar surface area (TPSA) is 86.0 Å². The number of carbonyl (C=O) groups excluding carboxylic acids is 1. The number of rotatable bonds is 7. The van der Waals surface area contributed by atoms with Gasteiger partial charge in [0.1, 0.15) is 23.4 Å². The molecular formula is C20H23ClFN3O4. The Morgan fingerprint density at radius 2 is 2.00 bits per heavy atom. The standard InChI is InChI=1S/C20H23ClFN3O4/c1-27-12-28-18-11-14(3-4-16(18)20(26)24-23)25-8-6-15(7-9-25)29-19-10-13(22)2-5-17(19)21/h2-5,10-11,15H,6-9,12,23H2,1H3,(H,24,26). The number of methoxy groups -OCH3 is 1. The van der Waals surface area contributed by atoms with Crippen molar-refractivity contribution in [2.45, 2.75) is 18.9 Å². The summed E-state index contributed by atoms with van der Waals surface area (Å²) in [6.07, 6.45) is 1.43. The number of nitrogens with zero attached hydrogens (tertiary/aromatic N) is 1. The number of nitrogens with two attached hydrogens (primary N) is 1. The molecule has 3 N–H and O–H groups in total. The molecule has 29 heavy (non-hydrogen) atoms. The number of carbonyl (C=O) groups is 1. The van der Waals surface area contributed by atoms with Gasteiger partial charge in [0.2, 0.25) is 0 Å². The molecule has 1 aliphatic rings. The van der Waals surface area contributed by atoms with Crippen LogP contribution in [0.5, 0.6) is 11.5 Å². The number of hydrogen-bond donors (Lipinski definition) is 2. The molecule has 0 atom stereocenters. The quantitative estimate of drug-likeness (QED) is 0.308. The van der Waals surface area contributed by atoms with E-state index in [-0.39, 0.29) is 18.7 Å². The van der Waals surface area contributed by atoms with E-state index in [0.29, 0.717) is 22.1 Å². The number of nitrogen functional groups attached to an aromatic ring is 1. The molecule has 0 aliphatic carbocycles. The lowest BCUT2D eigenvalue weighted by Gasteiger charge is -2.34. The summed E-state index contributed by atoms with van der Waals surface area (Å²) in [4.78, 5) is 14.1. The first-order valence-electron chi connectivity index (χ1n) is 9.15. The summed E-state index contributed by atoms with van der Waals surface area (Å²) in [5.74, 6) is 5.16. The average Bonchev–Trinajstić information content (AvgIpc) is 2.74. The zero-order valence-corrected chi connectivity index (χ0v) is 16.7. The predicted octanol–water partition coefficient (Wildman–Crippen LogP) is 3.11. The highest BCUT2D eigenvalue weighted by Crippen LogP contribution is 2.31. The van der Waals surface area contributed by atoms with Crippen LogP contribution in [0.4, 0.5) is 10.1 Å². The fraction of sp³-hybridized carbons (Fsp3) is 0.350. The Kier molecular flexibility index (Phi) is 7.13. The first-order chi connectivity index (χ1) is 14.0. The highest BCUT2D eigenvalue weighted by atomic mass is 35.5. The van der Waals surface area contributed by atoms with Crippen LogP contribution in [0.25, 0.3) is 0 Å². The van der Waals surface area contributed by atoms with E-state index >= 15 is 0 Å². The number of halogens is 2. The Labute approximate surface area is 173 Å². The van der Waals surface area contributed by atoms with Gasteiger partial charge in [-0.2, -0.15) is 0 Å². The van der Waals surface area contributed by atoms with Gasteiger partial charge in [-0.25, -0.2) is 10.2 Å². The second-order valence-corrected chi connectivity index (χ2v) is 6.99. The average molecular weight is 424 g/mol. The van der Waals surface area contributed by atoms with Crippen molar-refractivity contribution in [3.8, 4) is 11.5 Å². The first-order valence-corrected chi connectivity index (χ1v) is 9.53. The minimum Gasteiger partial charge on any atom is -0.489 e. The summed E-state index contributed by atoms with van der Waals surface area (Å²) < 4.78 is 29.8. The van der Waals surface area contributed by atoms with Crippen LogP contribution in [0.3, 0.4) is 0 Å². The number of anilines is 1. The van der Waals surface area contributed by atoms with Crippen molar-refractivity contribution in [2.75, 3.05) is 31.9 Å². The third-order valence-corrected chi connectivity index (χ3v) is 4.98. The second kappa shape index (κ2) is 9.78. The van der Waals surface area contributed by atoms with Crippen molar-refractivity contribution >= 4 is 23.2 Å². The Balaban J connectivity index is 1.66. The molecular weight excluding hydrogens is 401 g/mol. The van der Waals surface area contributed by atoms with Gasteiger partial charge in [-0.05, 0) is 24.3 Å². The second-order valence-electron chi connectivity index (χ2n) is 6.58. The van der Waals surface area contributed by atoms with E-state index in [4.69, 9.17) is 31.7 Å². The third kappa shape index (κ3) is 5.29.